The van der Waals surface area contributed by atoms with Crippen LogP contribution in [0.25, 0.3) is 21.8 Å². The number of hydrogen-bond donors (Lipinski definition) is 1. The zero-order chi connectivity index (χ0) is 12.5. The minimum Gasteiger partial charge on any atom is -0.469 e. The van der Waals surface area contributed by atoms with Crippen molar-refractivity contribution in [2.75, 3.05) is 5.73 Å². The van der Waals surface area contributed by atoms with Gasteiger partial charge in [0.2, 0.25) is 0 Å². The highest BCUT2D eigenvalue weighted by Gasteiger charge is 2.10. The molecule has 18 heavy (non-hydrogen) atoms. The van der Waals surface area contributed by atoms with Crippen molar-refractivity contribution in [3.05, 3.63) is 47.7 Å². The topological polar surface area (TPSA) is 52.0 Å². The molecule has 90 valence electrons. The molecule has 3 aromatic rings. The number of anilines is 1. The molecule has 3 rings (SSSR count). The van der Waals surface area contributed by atoms with Gasteiger partial charge in [-0.05, 0) is 25.1 Å². The van der Waals surface area contributed by atoms with Gasteiger partial charge in [-0.2, -0.15) is 0 Å². The van der Waals surface area contributed by atoms with Crippen molar-refractivity contribution < 1.29 is 4.42 Å². The van der Waals surface area contributed by atoms with E-state index in [-0.39, 0.29) is 0 Å². The number of furan rings is 1. The summed E-state index contributed by atoms with van der Waals surface area (Å²) in [6.45, 7) is 1.94. The van der Waals surface area contributed by atoms with Crippen molar-refractivity contribution in [2.24, 2.45) is 0 Å². The summed E-state index contributed by atoms with van der Waals surface area (Å²) in [7, 11) is 0. The monoisotopic (exact) mass is 256 g/mol. The van der Waals surface area contributed by atoms with Crippen LogP contribution in [0.2, 0.25) is 0 Å². The number of aromatic nitrogens is 1. The number of thiazole rings is 1. The van der Waals surface area contributed by atoms with Gasteiger partial charge >= 0.3 is 0 Å². The summed E-state index contributed by atoms with van der Waals surface area (Å²) >= 11 is 1.62. The molecule has 1 aromatic carbocycles. The lowest BCUT2D eigenvalue weighted by molar-refractivity contribution is 0.535. The first kappa shape index (κ1) is 11.0. The van der Waals surface area contributed by atoms with E-state index in [2.05, 4.69) is 4.98 Å². The molecule has 4 heteroatoms. The normalized spacial score (nSPS) is 10.7. The number of nitrogen functional groups attached to an aromatic ring is 1. The van der Waals surface area contributed by atoms with Gasteiger partial charge in [0.05, 0.1) is 17.5 Å². The maximum absolute atomic E-state index is 5.68. The Morgan fingerprint density at radius 1 is 1.17 bits per heavy atom. The van der Waals surface area contributed by atoms with Gasteiger partial charge in [0.15, 0.2) is 0 Å². The van der Waals surface area contributed by atoms with Gasteiger partial charge in [-0.3, -0.25) is 0 Å². The van der Waals surface area contributed by atoms with E-state index in [4.69, 9.17) is 10.2 Å². The van der Waals surface area contributed by atoms with Crippen LogP contribution in [0.1, 0.15) is 5.76 Å². The lowest BCUT2D eigenvalue weighted by Gasteiger charge is -1.97. The maximum atomic E-state index is 5.68. The standard InChI is InChI=1S/C14H12N2OS/c1-9-12(6-7-17-9)14-16-13(8-18-14)10-2-4-11(15)5-3-10/h2-8H,15H2,1H3. The predicted molar refractivity (Wildman–Crippen MR) is 74.4 cm³/mol. The Labute approximate surface area is 109 Å². The molecule has 0 saturated carbocycles. The highest BCUT2D eigenvalue weighted by molar-refractivity contribution is 7.13. The Bertz CT molecular complexity index is 667. The Morgan fingerprint density at radius 3 is 2.61 bits per heavy atom. The quantitative estimate of drug-likeness (QED) is 0.706. The van der Waals surface area contributed by atoms with E-state index in [1.807, 2.05) is 42.6 Å². The number of aryl methyl sites for hydroxylation is 1. The van der Waals surface area contributed by atoms with Crippen molar-refractivity contribution >= 4 is 17.0 Å². The summed E-state index contributed by atoms with van der Waals surface area (Å²) < 4.78 is 5.30. The number of nitrogens with zero attached hydrogens (tertiary/aromatic N) is 1. The fourth-order valence-corrected chi connectivity index (χ4v) is 2.69. The van der Waals surface area contributed by atoms with Crippen LogP contribution in [0, 0.1) is 6.92 Å². The molecule has 0 radical (unpaired) electrons. The summed E-state index contributed by atoms with van der Waals surface area (Å²) in [6.07, 6.45) is 1.69. The Hall–Kier alpha value is -2.07. The van der Waals surface area contributed by atoms with E-state index in [1.165, 1.54) is 0 Å². The van der Waals surface area contributed by atoms with Gasteiger partial charge in [0.25, 0.3) is 0 Å². The molecule has 2 aromatic heterocycles. The number of benzene rings is 1. The zero-order valence-electron chi connectivity index (χ0n) is 9.88. The fourth-order valence-electron chi connectivity index (χ4n) is 1.79. The van der Waals surface area contributed by atoms with Crippen LogP contribution in [-0.2, 0) is 0 Å². The molecule has 0 fully saturated rings. The molecule has 0 saturated heterocycles. The molecule has 0 unspecified atom stereocenters. The van der Waals surface area contributed by atoms with Gasteiger partial charge < -0.3 is 10.2 Å². The third kappa shape index (κ3) is 1.91. The van der Waals surface area contributed by atoms with E-state index in [0.717, 1.165) is 33.3 Å². The van der Waals surface area contributed by atoms with Crippen molar-refractivity contribution in [3.63, 3.8) is 0 Å². The molecule has 0 aliphatic rings. The molecular weight excluding hydrogens is 244 g/mol. The second-order valence-corrected chi connectivity index (χ2v) is 4.91. The summed E-state index contributed by atoms with van der Waals surface area (Å²) in [6, 6.07) is 9.68. The Kier molecular flexibility index (Phi) is 2.64. The van der Waals surface area contributed by atoms with E-state index < -0.39 is 0 Å². The number of rotatable bonds is 2. The molecule has 3 nitrogen and oxygen atoms in total. The summed E-state index contributed by atoms with van der Waals surface area (Å²) in [4.78, 5) is 4.63. The van der Waals surface area contributed by atoms with Gasteiger partial charge in [0, 0.05) is 16.6 Å². The first-order valence-corrected chi connectivity index (χ1v) is 6.48. The SMILES string of the molecule is Cc1occc1-c1nc(-c2ccc(N)cc2)cs1. The summed E-state index contributed by atoms with van der Waals surface area (Å²) in [5.74, 6) is 0.896. The molecule has 0 aliphatic heterocycles. The predicted octanol–water partition coefficient (Wildman–Crippen LogP) is 3.96. The minimum atomic E-state index is 0.764. The molecule has 2 N–H and O–H groups in total. The van der Waals surface area contributed by atoms with Gasteiger partial charge in [0.1, 0.15) is 10.8 Å². The molecule has 0 spiro atoms. The number of hydrogen-bond acceptors (Lipinski definition) is 4. The first-order chi connectivity index (χ1) is 8.74. The second-order valence-electron chi connectivity index (χ2n) is 4.05. The highest BCUT2D eigenvalue weighted by Crippen LogP contribution is 2.31. The molecule has 0 amide bonds. The third-order valence-electron chi connectivity index (χ3n) is 2.80. The molecule has 0 atom stereocenters. The Morgan fingerprint density at radius 2 is 1.94 bits per heavy atom. The number of nitrogens with two attached hydrogens (primary N) is 1. The minimum absolute atomic E-state index is 0.764. The van der Waals surface area contributed by atoms with Crippen LogP contribution in [-0.4, -0.2) is 4.98 Å². The average Bonchev–Trinajstić information content (AvgIpc) is 2.98. The molecule has 2 heterocycles. The lowest BCUT2D eigenvalue weighted by atomic mass is 10.1. The second kappa shape index (κ2) is 4.31. The van der Waals surface area contributed by atoms with Crippen LogP contribution >= 0.6 is 11.3 Å². The van der Waals surface area contributed by atoms with Crippen molar-refractivity contribution in [1.82, 2.24) is 4.98 Å². The third-order valence-corrected chi connectivity index (χ3v) is 3.68. The molecule has 0 bridgehead atoms. The summed E-state index contributed by atoms with van der Waals surface area (Å²) in [5, 5.41) is 3.03. The maximum Gasteiger partial charge on any atom is 0.127 e. The molecular formula is C14H12N2OS. The van der Waals surface area contributed by atoms with Gasteiger partial charge in [-0.25, -0.2) is 4.98 Å². The van der Waals surface area contributed by atoms with Crippen LogP contribution < -0.4 is 5.73 Å². The average molecular weight is 256 g/mol. The van der Waals surface area contributed by atoms with Crippen LogP contribution in [0.5, 0.6) is 0 Å². The lowest BCUT2D eigenvalue weighted by Crippen LogP contribution is -1.84. The molecule has 0 aliphatic carbocycles. The zero-order valence-corrected chi connectivity index (χ0v) is 10.7. The van der Waals surface area contributed by atoms with E-state index in [0.29, 0.717) is 0 Å². The van der Waals surface area contributed by atoms with Crippen molar-refractivity contribution in [1.29, 1.82) is 0 Å². The van der Waals surface area contributed by atoms with Crippen LogP contribution in [0.3, 0.4) is 0 Å². The smallest absolute Gasteiger partial charge is 0.127 e. The van der Waals surface area contributed by atoms with E-state index in [9.17, 15) is 0 Å². The highest BCUT2D eigenvalue weighted by atomic mass is 32.1. The van der Waals surface area contributed by atoms with Crippen molar-refractivity contribution in [3.8, 4) is 21.8 Å². The largest absolute Gasteiger partial charge is 0.469 e. The van der Waals surface area contributed by atoms with Gasteiger partial charge in [-0.15, -0.1) is 11.3 Å². The summed E-state index contributed by atoms with van der Waals surface area (Å²) in [5.41, 5.74) is 9.54. The van der Waals surface area contributed by atoms with Crippen molar-refractivity contribution in [2.45, 2.75) is 6.92 Å². The van der Waals surface area contributed by atoms with Gasteiger partial charge in [-0.1, -0.05) is 12.1 Å². The Balaban J connectivity index is 1.99. The van der Waals surface area contributed by atoms with Crippen LogP contribution in [0.15, 0.2) is 46.4 Å². The van der Waals surface area contributed by atoms with E-state index >= 15 is 0 Å². The van der Waals surface area contributed by atoms with Crippen LogP contribution in [0.4, 0.5) is 5.69 Å². The van der Waals surface area contributed by atoms with E-state index in [1.54, 1.807) is 17.6 Å². The first-order valence-electron chi connectivity index (χ1n) is 5.60. The fraction of sp³-hybridized carbons (Fsp3) is 0.0714.